The molecule has 2 heterocycles. The monoisotopic (exact) mass is 267 g/mol. The summed E-state index contributed by atoms with van der Waals surface area (Å²) in [6.45, 7) is 0.430. The second-order valence-electron chi connectivity index (χ2n) is 4.26. The number of nitrogens with zero attached hydrogens (tertiary/aromatic N) is 3. The zero-order valence-electron chi connectivity index (χ0n) is 10.7. The summed E-state index contributed by atoms with van der Waals surface area (Å²) in [5.41, 5.74) is 2.40. The molecule has 0 bridgehead atoms. The third-order valence-corrected chi connectivity index (χ3v) is 2.89. The second kappa shape index (κ2) is 5.40. The number of aromatic nitrogens is 4. The fourth-order valence-corrected chi connectivity index (χ4v) is 1.85. The number of aromatic amines is 1. The van der Waals surface area contributed by atoms with E-state index in [4.69, 9.17) is 0 Å². The number of hydrogen-bond donors (Lipinski definition) is 2. The molecule has 0 fully saturated rings. The number of imidazole rings is 1. The topological polar surface area (TPSA) is 75.6 Å². The molecule has 3 aromatic rings. The van der Waals surface area contributed by atoms with Crippen molar-refractivity contribution in [2.24, 2.45) is 0 Å². The minimum absolute atomic E-state index is 0.119. The van der Waals surface area contributed by atoms with Gasteiger partial charge >= 0.3 is 0 Å². The van der Waals surface area contributed by atoms with E-state index in [-0.39, 0.29) is 5.91 Å². The summed E-state index contributed by atoms with van der Waals surface area (Å²) in [7, 11) is 0. The molecule has 2 N–H and O–H groups in total. The van der Waals surface area contributed by atoms with Gasteiger partial charge in [-0.1, -0.05) is 0 Å². The van der Waals surface area contributed by atoms with E-state index in [1.165, 1.54) is 0 Å². The average Bonchev–Trinajstić information content (AvgIpc) is 3.18. The molecular weight excluding hydrogens is 254 g/mol. The quantitative estimate of drug-likeness (QED) is 0.752. The molecule has 0 aliphatic rings. The highest BCUT2D eigenvalue weighted by atomic mass is 16.1. The van der Waals surface area contributed by atoms with Gasteiger partial charge in [-0.3, -0.25) is 4.79 Å². The Morgan fingerprint density at radius 2 is 2.15 bits per heavy atom. The molecule has 20 heavy (non-hydrogen) atoms. The Morgan fingerprint density at radius 1 is 1.30 bits per heavy atom. The van der Waals surface area contributed by atoms with Gasteiger partial charge in [-0.05, 0) is 30.3 Å². The number of benzene rings is 1. The van der Waals surface area contributed by atoms with Crippen LogP contribution in [0.5, 0.6) is 0 Å². The van der Waals surface area contributed by atoms with E-state index in [1.54, 1.807) is 35.5 Å². The van der Waals surface area contributed by atoms with Gasteiger partial charge in [0.05, 0.1) is 24.3 Å². The first-order chi connectivity index (χ1) is 9.83. The fourth-order valence-electron chi connectivity index (χ4n) is 1.85. The van der Waals surface area contributed by atoms with Crippen molar-refractivity contribution in [1.29, 1.82) is 0 Å². The zero-order chi connectivity index (χ0) is 13.8. The lowest BCUT2D eigenvalue weighted by Gasteiger charge is -2.05. The molecule has 0 atom stereocenters. The van der Waals surface area contributed by atoms with E-state index in [9.17, 15) is 4.79 Å². The summed E-state index contributed by atoms with van der Waals surface area (Å²) in [5, 5.41) is 6.96. The Morgan fingerprint density at radius 3 is 2.80 bits per heavy atom. The molecule has 0 aliphatic heterocycles. The highest BCUT2D eigenvalue weighted by Crippen LogP contribution is 2.08. The van der Waals surface area contributed by atoms with Crippen molar-refractivity contribution >= 4 is 5.91 Å². The van der Waals surface area contributed by atoms with E-state index in [2.05, 4.69) is 20.4 Å². The van der Waals surface area contributed by atoms with Gasteiger partial charge in [-0.25, -0.2) is 9.67 Å². The Hall–Kier alpha value is -2.89. The summed E-state index contributed by atoms with van der Waals surface area (Å²) < 4.78 is 1.74. The molecule has 100 valence electrons. The standard InChI is InChI=1S/C14H13N5O/c20-14(16-9-12-8-15-10-17-12)11-2-4-13(5-3-11)19-7-1-6-18-19/h1-8,10H,9H2,(H,15,17)(H,16,20). The molecule has 0 unspecified atom stereocenters. The van der Waals surface area contributed by atoms with Crippen LogP contribution in [-0.2, 0) is 6.54 Å². The van der Waals surface area contributed by atoms with Crippen molar-refractivity contribution < 1.29 is 4.79 Å². The van der Waals surface area contributed by atoms with Crippen molar-refractivity contribution in [2.45, 2.75) is 6.54 Å². The molecule has 0 saturated carbocycles. The maximum absolute atomic E-state index is 12.0. The Kier molecular flexibility index (Phi) is 3.28. The van der Waals surface area contributed by atoms with Crippen LogP contribution in [0.4, 0.5) is 0 Å². The maximum atomic E-state index is 12.0. The fraction of sp³-hybridized carbons (Fsp3) is 0.0714. The van der Waals surface area contributed by atoms with Crippen molar-refractivity contribution in [3.63, 3.8) is 0 Å². The van der Waals surface area contributed by atoms with E-state index in [0.717, 1.165) is 11.4 Å². The molecule has 1 amide bonds. The molecule has 3 rings (SSSR count). The molecule has 0 radical (unpaired) electrons. The highest BCUT2D eigenvalue weighted by Gasteiger charge is 2.06. The van der Waals surface area contributed by atoms with Gasteiger partial charge in [0.25, 0.3) is 5.91 Å². The van der Waals surface area contributed by atoms with Crippen LogP contribution in [0.1, 0.15) is 16.1 Å². The average molecular weight is 267 g/mol. The summed E-state index contributed by atoms with van der Waals surface area (Å²) in [6, 6.07) is 9.12. The van der Waals surface area contributed by atoms with Crippen LogP contribution in [0, 0.1) is 0 Å². The molecule has 2 aromatic heterocycles. The summed E-state index contributed by atoms with van der Waals surface area (Å²) in [5.74, 6) is -0.119. The molecular formula is C14H13N5O. The van der Waals surface area contributed by atoms with Gasteiger partial charge in [0.1, 0.15) is 0 Å². The van der Waals surface area contributed by atoms with Crippen LogP contribution in [0.25, 0.3) is 5.69 Å². The number of hydrogen-bond acceptors (Lipinski definition) is 3. The van der Waals surface area contributed by atoms with Crippen molar-refractivity contribution in [2.75, 3.05) is 0 Å². The number of carbonyl (C=O) groups is 1. The summed E-state index contributed by atoms with van der Waals surface area (Å²) in [6.07, 6.45) is 6.83. The Balaban J connectivity index is 1.66. The largest absolute Gasteiger partial charge is 0.347 e. The van der Waals surface area contributed by atoms with Gasteiger partial charge in [-0.2, -0.15) is 5.10 Å². The smallest absolute Gasteiger partial charge is 0.251 e. The first-order valence-corrected chi connectivity index (χ1v) is 6.18. The van der Waals surface area contributed by atoms with Crippen LogP contribution >= 0.6 is 0 Å². The van der Waals surface area contributed by atoms with Crippen molar-refractivity contribution in [3.05, 3.63) is 66.5 Å². The van der Waals surface area contributed by atoms with Crippen molar-refractivity contribution in [1.82, 2.24) is 25.1 Å². The number of nitrogens with one attached hydrogen (secondary N) is 2. The molecule has 0 aliphatic carbocycles. The molecule has 1 aromatic carbocycles. The van der Waals surface area contributed by atoms with Crippen LogP contribution < -0.4 is 5.32 Å². The first-order valence-electron chi connectivity index (χ1n) is 6.18. The predicted octanol–water partition coefficient (Wildman–Crippen LogP) is 1.53. The first kappa shape index (κ1) is 12.2. The molecule has 6 heteroatoms. The van der Waals surface area contributed by atoms with E-state index in [1.807, 2.05) is 24.4 Å². The molecule has 6 nitrogen and oxygen atoms in total. The van der Waals surface area contributed by atoms with E-state index >= 15 is 0 Å². The molecule has 0 saturated heterocycles. The number of carbonyl (C=O) groups excluding carboxylic acids is 1. The number of rotatable bonds is 4. The third-order valence-electron chi connectivity index (χ3n) is 2.89. The van der Waals surface area contributed by atoms with Crippen LogP contribution in [0.2, 0.25) is 0 Å². The van der Waals surface area contributed by atoms with Gasteiger partial charge in [0, 0.05) is 24.2 Å². The summed E-state index contributed by atoms with van der Waals surface area (Å²) >= 11 is 0. The number of amides is 1. The SMILES string of the molecule is O=C(NCc1cnc[nH]1)c1ccc(-n2cccn2)cc1. The Labute approximate surface area is 115 Å². The third kappa shape index (κ3) is 2.59. The van der Waals surface area contributed by atoms with Crippen LogP contribution in [0.3, 0.4) is 0 Å². The maximum Gasteiger partial charge on any atom is 0.251 e. The lowest BCUT2D eigenvalue weighted by molar-refractivity contribution is 0.0950. The van der Waals surface area contributed by atoms with Crippen molar-refractivity contribution in [3.8, 4) is 5.69 Å². The lowest BCUT2D eigenvalue weighted by atomic mass is 10.2. The van der Waals surface area contributed by atoms with E-state index in [0.29, 0.717) is 12.1 Å². The lowest BCUT2D eigenvalue weighted by Crippen LogP contribution is -2.22. The van der Waals surface area contributed by atoms with Gasteiger partial charge < -0.3 is 10.3 Å². The second-order valence-corrected chi connectivity index (χ2v) is 4.26. The minimum atomic E-state index is -0.119. The van der Waals surface area contributed by atoms with Crippen LogP contribution in [0.15, 0.2) is 55.2 Å². The Bertz CT molecular complexity index is 671. The minimum Gasteiger partial charge on any atom is -0.347 e. The number of H-pyrrole nitrogens is 1. The predicted molar refractivity (Wildman–Crippen MR) is 73.3 cm³/mol. The van der Waals surface area contributed by atoms with Gasteiger partial charge in [-0.15, -0.1) is 0 Å². The van der Waals surface area contributed by atoms with Gasteiger partial charge in [0.2, 0.25) is 0 Å². The van der Waals surface area contributed by atoms with Crippen LogP contribution in [-0.4, -0.2) is 25.7 Å². The highest BCUT2D eigenvalue weighted by molar-refractivity contribution is 5.94. The van der Waals surface area contributed by atoms with E-state index < -0.39 is 0 Å². The zero-order valence-corrected chi connectivity index (χ0v) is 10.7. The van der Waals surface area contributed by atoms with Gasteiger partial charge in [0.15, 0.2) is 0 Å². The normalized spacial score (nSPS) is 10.4. The summed E-state index contributed by atoms with van der Waals surface area (Å²) in [4.78, 5) is 18.8. The molecule has 0 spiro atoms.